The van der Waals surface area contributed by atoms with Crippen molar-refractivity contribution in [1.82, 2.24) is 0 Å². The second-order valence-electron chi connectivity index (χ2n) is 4.40. The molecule has 5 heteroatoms. The number of fused-ring (bicyclic) bond motifs is 1. The van der Waals surface area contributed by atoms with Crippen LogP contribution in [0.5, 0.6) is 5.75 Å². The Morgan fingerprint density at radius 1 is 1.56 bits per heavy atom. The van der Waals surface area contributed by atoms with E-state index in [2.05, 4.69) is 21.2 Å². The first kappa shape index (κ1) is 12.0. The third-order valence-electron chi connectivity index (χ3n) is 2.53. The molecule has 1 aliphatic heterocycles. The average Bonchev–Trinajstić information content (AvgIpc) is 2.33. The van der Waals surface area contributed by atoms with E-state index >= 15 is 0 Å². The second-order valence-corrected chi connectivity index (χ2v) is 5.66. The van der Waals surface area contributed by atoms with E-state index < -0.39 is 5.82 Å². The van der Waals surface area contributed by atoms with Gasteiger partial charge in [-0.2, -0.15) is 0 Å². The van der Waals surface area contributed by atoms with Crippen molar-refractivity contribution in [2.45, 2.75) is 25.9 Å². The summed E-state index contributed by atoms with van der Waals surface area (Å²) in [4.78, 5) is 0. The summed E-state index contributed by atoms with van der Waals surface area (Å²) in [5.74, 6) is 0.0296. The van der Waals surface area contributed by atoms with Crippen LogP contribution in [0, 0.1) is 5.82 Å². The van der Waals surface area contributed by atoms with Crippen LogP contribution in [-0.2, 0) is 0 Å². The molecular formula is C11H12BrClFNO. The summed E-state index contributed by atoms with van der Waals surface area (Å²) < 4.78 is 20.3. The number of hydrogen-bond acceptors (Lipinski definition) is 2. The van der Waals surface area contributed by atoms with E-state index in [1.807, 2.05) is 13.8 Å². The standard InChI is InChI=1S/C11H12BrClFNO/c1-11(2)3-4-15-9-8(14)7(13)5-6(12)10(9)16-11/h5,15H,3-4H2,1-2H3. The molecule has 0 atom stereocenters. The van der Waals surface area contributed by atoms with Crippen molar-refractivity contribution in [1.29, 1.82) is 0 Å². The van der Waals surface area contributed by atoms with Crippen molar-refractivity contribution in [3.05, 3.63) is 21.4 Å². The third kappa shape index (κ3) is 2.13. The molecule has 0 saturated heterocycles. The number of ether oxygens (including phenoxy) is 1. The molecule has 2 rings (SSSR count). The van der Waals surface area contributed by atoms with Crippen molar-refractivity contribution in [2.24, 2.45) is 0 Å². The molecule has 88 valence electrons. The predicted octanol–water partition coefficient (Wildman–Crippen LogP) is 4.21. The minimum absolute atomic E-state index is 0.0847. The van der Waals surface area contributed by atoms with E-state index in [9.17, 15) is 4.39 Å². The first-order chi connectivity index (χ1) is 7.41. The molecular weight excluding hydrogens is 296 g/mol. The van der Waals surface area contributed by atoms with Crippen LogP contribution in [-0.4, -0.2) is 12.1 Å². The normalized spacial score (nSPS) is 18.1. The molecule has 0 radical (unpaired) electrons. The molecule has 1 heterocycles. The lowest BCUT2D eigenvalue weighted by atomic mass is 10.1. The fraction of sp³-hybridized carbons (Fsp3) is 0.455. The smallest absolute Gasteiger partial charge is 0.168 e. The number of rotatable bonds is 0. The minimum Gasteiger partial charge on any atom is -0.484 e. The number of halogens is 3. The lowest BCUT2D eigenvalue weighted by molar-refractivity contribution is 0.107. The molecule has 0 amide bonds. The molecule has 0 bridgehead atoms. The first-order valence-electron chi connectivity index (χ1n) is 5.01. The highest BCUT2D eigenvalue weighted by Crippen LogP contribution is 2.43. The van der Waals surface area contributed by atoms with Gasteiger partial charge in [0, 0.05) is 13.0 Å². The van der Waals surface area contributed by atoms with Crippen molar-refractivity contribution < 1.29 is 9.13 Å². The zero-order chi connectivity index (χ0) is 11.9. The average molecular weight is 309 g/mol. The quantitative estimate of drug-likeness (QED) is 0.725. The van der Waals surface area contributed by atoms with Crippen molar-refractivity contribution >= 4 is 33.2 Å². The maximum atomic E-state index is 13.8. The summed E-state index contributed by atoms with van der Waals surface area (Å²) in [7, 11) is 0. The van der Waals surface area contributed by atoms with E-state index in [1.165, 1.54) is 6.07 Å². The molecule has 0 fully saturated rings. The van der Waals surface area contributed by atoms with Gasteiger partial charge in [-0.3, -0.25) is 0 Å². The lowest BCUT2D eigenvalue weighted by Crippen LogP contribution is -2.28. The van der Waals surface area contributed by atoms with Crippen LogP contribution in [0.3, 0.4) is 0 Å². The lowest BCUT2D eigenvalue weighted by Gasteiger charge is -2.24. The highest BCUT2D eigenvalue weighted by Gasteiger charge is 2.28. The SMILES string of the molecule is CC1(C)CCNc2c(F)c(Cl)cc(Br)c2O1. The molecule has 0 unspecified atom stereocenters. The van der Waals surface area contributed by atoms with Crippen LogP contribution in [0.1, 0.15) is 20.3 Å². The topological polar surface area (TPSA) is 21.3 Å². The highest BCUT2D eigenvalue weighted by atomic mass is 79.9. The summed E-state index contributed by atoms with van der Waals surface area (Å²) in [6, 6.07) is 1.51. The van der Waals surface area contributed by atoms with Gasteiger partial charge in [0.25, 0.3) is 0 Å². The fourth-order valence-electron chi connectivity index (χ4n) is 1.65. The van der Waals surface area contributed by atoms with E-state index in [-0.39, 0.29) is 10.6 Å². The van der Waals surface area contributed by atoms with Crippen molar-refractivity contribution in [2.75, 3.05) is 11.9 Å². The van der Waals surface area contributed by atoms with Gasteiger partial charge in [0.05, 0.1) is 9.50 Å². The number of hydrogen-bond donors (Lipinski definition) is 1. The van der Waals surface area contributed by atoms with Gasteiger partial charge in [-0.1, -0.05) is 11.6 Å². The first-order valence-corrected chi connectivity index (χ1v) is 6.18. The van der Waals surface area contributed by atoms with Crippen LogP contribution in [0.2, 0.25) is 5.02 Å². The predicted molar refractivity (Wildman–Crippen MR) is 66.9 cm³/mol. The molecule has 1 aromatic rings. The van der Waals surface area contributed by atoms with Crippen molar-refractivity contribution in [3.8, 4) is 5.75 Å². The zero-order valence-electron chi connectivity index (χ0n) is 9.03. The largest absolute Gasteiger partial charge is 0.484 e. The molecule has 0 aromatic heterocycles. The van der Waals surface area contributed by atoms with Crippen LogP contribution < -0.4 is 10.1 Å². The van der Waals surface area contributed by atoms with Gasteiger partial charge in [0.1, 0.15) is 11.3 Å². The van der Waals surface area contributed by atoms with Crippen LogP contribution in [0.4, 0.5) is 10.1 Å². The summed E-state index contributed by atoms with van der Waals surface area (Å²) in [5.41, 5.74) is 0.0195. The van der Waals surface area contributed by atoms with Gasteiger partial charge in [-0.25, -0.2) is 4.39 Å². The Morgan fingerprint density at radius 2 is 2.25 bits per heavy atom. The van der Waals surface area contributed by atoms with E-state index in [1.54, 1.807) is 0 Å². The molecule has 0 saturated carbocycles. The van der Waals surface area contributed by atoms with Gasteiger partial charge >= 0.3 is 0 Å². The highest BCUT2D eigenvalue weighted by molar-refractivity contribution is 9.10. The molecule has 0 spiro atoms. The zero-order valence-corrected chi connectivity index (χ0v) is 11.4. The van der Waals surface area contributed by atoms with Gasteiger partial charge in [-0.05, 0) is 35.8 Å². The Balaban J connectivity index is 2.57. The summed E-state index contributed by atoms with van der Waals surface area (Å²) >= 11 is 9.11. The Morgan fingerprint density at radius 3 is 2.94 bits per heavy atom. The molecule has 1 aromatic carbocycles. The minimum atomic E-state index is -0.461. The molecule has 1 aliphatic rings. The maximum Gasteiger partial charge on any atom is 0.168 e. The number of nitrogens with one attached hydrogen (secondary N) is 1. The van der Waals surface area contributed by atoms with Crippen LogP contribution in [0.25, 0.3) is 0 Å². The van der Waals surface area contributed by atoms with Crippen LogP contribution in [0.15, 0.2) is 10.5 Å². The monoisotopic (exact) mass is 307 g/mol. The number of anilines is 1. The summed E-state index contributed by atoms with van der Waals surface area (Å²) in [6.07, 6.45) is 0.797. The van der Waals surface area contributed by atoms with Gasteiger partial charge < -0.3 is 10.1 Å². The summed E-state index contributed by atoms with van der Waals surface area (Å²) in [5, 5.41) is 3.10. The molecule has 0 aliphatic carbocycles. The second kappa shape index (κ2) is 4.08. The van der Waals surface area contributed by atoms with Gasteiger partial charge in [0.15, 0.2) is 11.6 Å². The molecule has 2 nitrogen and oxygen atoms in total. The number of benzene rings is 1. The van der Waals surface area contributed by atoms with E-state index in [0.29, 0.717) is 22.5 Å². The third-order valence-corrected chi connectivity index (χ3v) is 3.40. The maximum absolute atomic E-state index is 13.8. The van der Waals surface area contributed by atoms with Gasteiger partial charge in [-0.15, -0.1) is 0 Å². The van der Waals surface area contributed by atoms with Gasteiger partial charge in [0.2, 0.25) is 0 Å². The van der Waals surface area contributed by atoms with E-state index in [0.717, 1.165) is 6.42 Å². The Labute approximate surface area is 107 Å². The van der Waals surface area contributed by atoms with E-state index in [4.69, 9.17) is 16.3 Å². The Bertz CT molecular complexity index is 436. The molecule has 1 N–H and O–H groups in total. The van der Waals surface area contributed by atoms with Crippen molar-refractivity contribution in [3.63, 3.8) is 0 Å². The van der Waals surface area contributed by atoms with Crippen LogP contribution >= 0.6 is 27.5 Å². The fourth-order valence-corrected chi connectivity index (χ4v) is 2.50. The molecule has 16 heavy (non-hydrogen) atoms. The Hall–Kier alpha value is -0.480. The summed E-state index contributed by atoms with van der Waals surface area (Å²) in [6.45, 7) is 4.61. The Kier molecular flexibility index (Phi) is 3.05.